The Morgan fingerprint density at radius 2 is 1.95 bits per heavy atom. The number of aliphatic hydroxyl groups is 1. The number of hydrogen-bond acceptors (Lipinski definition) is 4. The van der Waals surface area contributed by atoms with Crippen molar-refractivity contribution in [1.82, 2.24) is 0 Å². The van der Waals surface area contributed by atoms with Crippen molar-refractivity contribution in [2.75, 3.05) is 0 Å². The number of nitro benzene ring substituents is 1. The Hall–Kier alpha value is -1.37. The fourth-order valence-corrected chi connectivity index (χ4v) is 3.09. The Kier molecular flexibility index (Phi) is 4.57. The van der Waals surface area contributed by atoms with E-state index in [-0.39, 0.29) is 12.3 Å². The molecule has 98 valence electrons. The summed E-state index contributed by atoms with van der Waals surface area (Å²) in [6.07, 6.45) is 0. The fraction of sp³-hybridized carbons (Fsp3) is 0.0769. The fourth-order valence-electron chi connectivity index (χ4n) is 1.60. The second-order valence-corrected chi connectivity index (χ2v) is 5.83. The predicted molar refractivity (Wildman–Crippen MR) is 77.3 cm³/mol. The number of benzene rings is 2. The first-order chi connectivity index (χ1) is 9.10. The van der Waals surface area contributed by atoms with Crippen LogP contribution < -0.4 is 0 Å². The maximum atomic E-state index is 10.8. The molecule has 0 radical (unpaired) electrons. The van der Waals surface area contributed by atoms with Crippen LogP contribution in [0.3, 0.4) is 0 Å². The van der Waals surface area contributed by atoms with Gasteiger partial charge in [-0.1, -0.05) is 33.8 Å². The van der Waals surface area contributed by atoms with Gasteiger partial charge in [0.15, 0.2) is 0 Å². The summed E-state index contributed by atoms with van der Waals surface area (Å²) in [5.74, 6) is 0. The van der Waals surface area contributed by atoms with E-state index >= 15 is 0 Å². The number of hydrogen-bond donors (Lipinski definition) is 1. The molecule has 2 aromatic rings. The zero-order chi connectivity index (χ0) is 13.8. The topological polar surface area (TPSA) is 63.4 Å². The molecule has 0 unspecified atom stereocenters. The summed E-state index contributed by atoms with van der Waals surface area (Å²) < 4.78 is 0.974. The molecule has 0 fully saturated rings. The molecule has 4 nitrogen and oxygen atoms in total. The van der Waals surface area contributed by atoms with Crippen LogP contribution in [-0.2, 0) is 6.61 Å². The van der Waals surface area contributed by atoms with Gasteiger partial charge in [0.1, 0.15) is 0 Å². The molecule has 1 N–H and O–H groups in total. The molecule has 0 amide bonds. The van der Waals surface area contributed by atoms with E-state index in [9.17, 15) is 15.2 Å². The molecule has 19 heavy (non-hydrogen) atoms. The minimum absolute atomic E-state index is 0.0545. The van der Waals surface area contributed by atoms with Gasteiger partial charge >= 0.3 is 0 Å². The number of nitro groups is 1. The Bertz CT molecular complexity index is 619. The van der Waals surface area contributed by atoms with E-state index in [1.165, 1.54) is 17.8 Å². The zero-order valence-corrected chi connectivity index (χ0v) is 12.1. The summed E-state index contributed by atoms with van der Waals surface area (Å²) >= 11 is 4.88. The van der Waals surface area contributed by atoms with Crippen LogP contribution in [0.5, 0.6) is 0 Å². The van der Waals surface area contributed by atoms with Crippen LogP contribution in [0.15, 0.2) is 56.7 Å². The van der Waals surface area contributed by atoms with Crippen molar-refractivity contribution in [2.24, 2.45) is 0 Å². The molecule has 2 rings (SSSR count). The maximum Gasteiger partial charge on any atom is 0.274 e. The lowest BCUT2D eigenvalue weighted by atomic mass is 10.2. The number of rotatable bonds is 4. The standard InChI is InChI=1S/C13H10BrNO3S/c14-10-2-1-3-11(7-10)19-12-4-5-13(15(17)18)9(6-12)8-16/h1-7,16H,8H2. The Morgan fingerprint density at radius 3 is 2.58 bits per heavy atom. The van der Waals surface area contributed by atoms with Crippen LogP contribution in [0.4, 0.5) is 5.69 Å². The lowest BCUT2D eigenvalue weighted by Crippen LogP contribution is -1.95. The van der Waals surface area contributed by atoms with E-state index in [4.69, 9.17) is 0 Å². The van der Waals surface area contributed by atoms with E-state index in [0.29, 0.717) is 5.56 Å². The molecular formula is C13H10BrNO3S. The minimum atomic E-state index is -0.487. The predicted octanol–water partition coefficient (Wildman–Crippen LogP) is 4.00. The summed E-state index contributed by atoms with van der Waals surface area (Å²) in [6, 6.07) is 12.5. The largest absolute Gasteiger partial charge is 0.391 e. The van der Waals surface area contributed by atoms with Gasteiger partial charge in [-0.3, -0.25) is 10.1 Å². The van der Waals surface area contributed by atoms with Crippen LogP contribution in [0.25, 0.3) is 0 Å². The molecule has 0 spiro atoms. The summed E-state index contributed by atoms with van der Waals surface area (Å²) in [5, 5.41) is 20.0. The Labute approximate surface area is 122 Å². The van der Waals surface area contributed by atoms with Gasteiger partial charge in [0.05, 0.1) is 17.1 Å². The molecule has 0 atom stereocenters. The zero-order valence-electron chi connectivity index (χ0n) is 9.75. The molecule has 2 aromatic carbocycles. The highest BCUT2D eigenvalue weighted by Crippen LogP contribution is 2.32. The third kappa shape index (κ3) is 3.56. The third-order valence-electron chi connectivity index (χ3n) is 2.45. The van der Waals surface area contributed by atoms with E-state index in [1.807, 2.05) is 24.3 Å². The molecule has 6 heteroatoms. The Morgan fingerprint density at radius 1 is 1.21 bits per heavy atom. The first kappa shape index (κ1) is 14.0. The first-order valence-electron chi connectivity index (χ1n) is 5.42. The molecule has 0 aliphatic rings. The molecule has 0 aromatic heterocycles. The van der Waals surface area contributed by atoms with Crippen molar-refractivity contribution in [2.45, 2.75) is 16.4 Å². The van der Waals surface area contributed by atoms with Gasteiger partial charge in [-0.15, -0.1) is 0 Å². The van der Waals surface area contributed by atoms with Crippen molar-refractivity contribution in [1.29, 1.82) is 0 Å². The smallest absolute Gasteiger partial charge is 0.274 e. The highest BCUT2D eigenvalue weighted by molar-refractivity contribution is 9.10. The van der Waals surface area contributed by atoms with E-state index < -0.39 is 4.92 Å². The van der Waals surface area contributed by atoms with Crippen molar-refractivity contribution in [3.63, 3.8) is 0 Å². The van der Waals surface area contributed by atoms with Crippen molar-refractivity contribution < 1.29 is 10.0 Å². The summed E-state index contributed by atoms with van der Waals surface area (Å²) in [7, 11) is 0. The van der Waals surface area contributed by atoms with Crippen LogP contribution in [0, 0.1) is 10.1 Å². The van der Waals surface area contributed by atoms with Crippen molar-refractivity contribution in [3.8, 4) is 0 Å². The molecule has 0 saturated carbocycles. The molecule has 0 heterocycles. The van der Waals surface area contributed by atoms with Gasteiger partial charge in [-0.25, -0.2) is 0 Å². The quantitative estimate of drug-likeness (QED) is 0.675. The lowest BCUT2D eigenvalue weighted by Gasteiger charge is -2.05. The van der Waals surface area contributed by atoms with Crippen molar-refractivity contribution in [3.05, 3.63) is 62.6 Å². The van der Waals surface area contributed by atoms with Crippen molar-refractivity contribution >= 4 is 33.4 Å². The maximum absolute atomic E-state index is 10.8. The van der Waals surface area contributed by atoms with E-state index in [1.54, 1.807) is 12.1 Å². The minimum Gasteiger partial charge on any atom is -0.391 e. The number of nitrogens with zero attached hydrogens (tertiary/aromatic N) is 1. The monoisotopic (exact) mass is 339 g/mol. The molecule has 0 aliphatic carbocycles. The summed E-state index contributed by atoms with van der Waals surface area (Å²) in [6.45, 7) is -0.344. The van der Waals surface area contributed by atoms with E-state index in [2.05, 4.69) is 15.9 Å². The third-order valence-corrected chi connectivity index (χ3v) is 3.92. The number of halogens is 1. The summed E-state index contributed by atoms with van der Waals surface area (Å²) in [4.78, 5) is 12.2. The second-order valence-electron chi connectivity index (χ2n) is 3.77. The van der Waals surface area contributed by atoms with Gasteiger partial charge < -0.3 is 5.11 Å². The second kappa shape index (κ2) is 6.18. The van der Waals surface area contributed by atoms with Gasteiger partial charge in [0.2, 0.25) is 0 Å². The van der Waals surface area contributed by atoms with Crippen LogP contribution in [0.2, 0.25) is 0 Å². The van der Waals surface area contributed by atoms with E-state index in [0.717, 1.165) is 14.3 Å². The highest BCUT2D eigenvalue weighted by atomic mass is 79.9. The normalized spacial score (nSPS) is 10.4. The first-order valence-corrected chi connectivity index (χ1v) is 7.02. The van der Waals surface area contributed by atoms with Gasteiger partial charge in [-0.05, 0) is 30.3 Å². The molecule has 0 bridgehead atoms. The molecule has 0 aliphatic heterocycles. The van der Waals surface area contributed by atoms with Gasteiger partial charge in [0, 0.05) is 20.3 Å². The molecule has 0 saturated heterocycles. The average Bonchev–Trinajstić information content (AvgIpc) is 2.38. The molecular weight excluding hydrogens is 330 g/mol. The SMILES string of the molecule is O=[N+]([O-])c1ccc(Sc2cccc(Br)c2)cc1CO. The average molecular weight is 340 g/mol. The van der Waals surface area contributed by atoms with Crippen LogP contribution in [-0.4, -0.2) is 10.0 Å². The van der Waals surface area contributed by atoms with Crippen LogP contribution in [0.1, 0.15) is 5.56 Å². The summed E-state index contributed by atoms with van der Waals surface area (Å²) in [5.41, 5.74) is 0.270. The number of aliphatic hydroxyl groups excluding tert-OH is 1. The van der Waals surface area contributed by atoms with Gasteiger partial charge in [0.25, 0.3) is 5.69 Å². The lowest BCUT2D eigenvalue weighted by molar-refractivity contribution is -0.385. The van der Waals surface area contributed by atoms with Gasteiger partial charge in [-0.2, -0.15) is 0 Å². The van der Waals surface area contributed by atoms with Crippen LogP contribution >= 0.6 is 27.7 Å². The highest BCUT2D eigenvalue weighted by Gasteiger charge is 2.13. The Balaban J connectivity index is 2.29.